The maximum Gasteiger partial charge on any atom is 0.246 e. The van der Waals surface area contributed by atoms with E-state index in [-0.39, 0.29) is 24.4 Å². The molecule has 0 radical (unpaired) electrons. The minimum Gasteiger partial charge on any atom is -0.211 e. The molecule has 6 nitrogen and oxygen atoms in total. The number of hydrogen-bond acceptors (Lipinski definition) is 5. The lowest BCUT2D eigenvalue weighted by molar-refractivity contribution is 0.514. The van der Waals surface area contributed by atoms with E-state index in [9.17, 15) is 21.6 Å². The van der Waals surface area contributed by atoms with Crippen molar-refractivity contribution in [3.8, 4) is 11.4 Å². The Hall–Kier alpha value is -2.76. The molecule has 0 saturated carbocycles. The van der Waals surface area contributed by atoms with E-state index >= 15 is 0 Å². The van der Waals surface area contributed by atoms with E-state index in [1.807, 2.05) is 0 Å². The first-order chi connectivity index (χ1) is 13.9. The van der Waals surface area contributed by atoms with Crippen molar-refractivity contribution in [3.05, 3.63) is 71.0 Å². The Labute approximate surface area is 167 Å². The second kappa shape index (κ2) is 7.58. The first-order valence-electron chi connectivity index (χ1n) is 8.38. The fraction of sp³-hybridized carbons (Fsp3) is 0.111. The number of nitrogens with one attached hydrogen (secondary N) is 1. The summed E-state index contributed by atoms with van der Waals surface area (Å²) in [7, 11) is -4.36. The van der Waals surface area contributed by atoms with E-state index in [1.54, 1.807) is 23.6 Å². The number of halogens is 3. The monoisotopic (exact) mass is 438 g/mol. The molecule has 0 unspecified atom stereocenters. The number of aromatic nitrogens is 3. The predicted molar refractivity (Wildman–Crippen MR) is 102 cm³/mol. The van der Waals surface area contributed by atoms with Crippen LogP contribution >= 0.6 is 11.3 Å². The number of hydrogen-bond donors (Lipinski definition) is 1. The highest BCUT2D eigenvalue weighted by atomic mass is 32.2. The number of rotatable bonds is 6. The van der Waals surface area contributed by atoms with E-state index < -0.39 is 32.4 Å². The van der Waals surface area contributed by atoms with Crippen molar-refractivity contribution in [3.63, 3.8) is 0 Å². The van der Waals surface area contributed by atoms with Crippen molar-refractivity contribution < 1.29 is 21.6 Å². The van der Waals surface area contributed by atoms with Crippen LogP contribution in [0.4, 0.5) is 13.2 Å². The van der Waals surface area contributed by atoms with E-state index in [0.717, 1.165) is 18.2 Å². The van der Waals surface area contributed by atoms with Crippen molar-refractivity contribution in [2.45, 2.75) is 11.3 Å². The second-order valence-corrected chi connectivity index (χ2v) is 8.58. The highest BCUT2D eigenvalue weighted by Gasteiger charge is 2.23. The number of nitrogens with zero attached hydrogens (tertiary/aromatic N) is 3. The largest absolute Gasteiger partial charge is 0.246 e. The average molecular weight is 438 g/mol. The minimum absolute atomic E-state index is 0.114. The van der Waals surface area contributed by atoms with Gasteiger partial charge in [0.15, 0.2) is 10.7 Å². The van der Waals surface area contributed by atoms with Gasteiger partial charge in [-0.1, -0.05) is 18.2 Å². The summed E-state index contributed by atoms with van der Waals surface area (Å²) in [6.07, 6.45) is 0.190. The molecule has 29 heavy (non-hydrogen) atoms. The lowest BCUT2D eigenvalue weighted by Gasteiger charge is -2.08. The zero-order chi connectivity index (χ0) is 20.6. The molecule has 0 bridgehead atoms. The zero-order valence-electron chi connectivity index (χ0n) is 14.6. The van der Waals surface area contributed by atoms with Gasteiger partial charge in [0.05, 0.1) is 11.3 Å². The van der Waals surface area contributed by atoms with Crippen LogP contribution in [0, 0.1) is 17.5 Å². The molecule has 0 amide bonds. The molecule has 150 valence electrons. The molecule has 4 rings (SSSR count). The van der Waals surface area contributed by atoms with E-state index in [0.29, 0.717) is 10.7 Å². The van der Waals surface area contributed by atoms with Crippen LogP contribution in [0.5, 0.6) is 0 Å². The Morgan fingerprint density at radius 2 is 1.69 bits per heavy atom. The van der Waals surface area contributed by atoms with Gasteiger partial charge in [0, 0.05) is 18.3 Å². The highest BCUT2D eigenvalue weighted by molar-refractivity contribution is 7.89. The number of fused-ring (bicyclic) bond motifs is 1. The van der Waals surface area contributed by atoms with E-state index in [2.05, 4.69) is 14.8 Å². The van der Waals surface area contributed by atoms with Crippen LogP contribution < -0.4 is 4.72 Å². The fourth-order valence-corrected chi connectivity index (χ4v) is 4.80. The van der Waals surface area contributed by atoms with Crippen LogP contribution in [0.3, 0.4) is 0 Å². The van der Waals surface area contributed by atoms with Gasteiger partial charge in [-0.25, -0.2) is 30.8 Å². The summed E-state index contributed by atoms with van der Waals surface area (Å²) in [4.78, 5) is 3.78. The van der Waals surface area contributed by atoms with Gasteiger partial charge >= 0.3 is 0 Å². The molecule has 0 aliphatic heterocycles. The fourth-order valence-electron chi connectivity index (χ4n) is 2.78. The Morgan fingerprint density at radius 3 is 2.41 bits per heavy atom. The van der Waals surface area contributed by atoms with Crippen LogP contribution in [0.25, 0.3) is 16.3 Å². The highest BCUT2D eigenvalue weighted by Crippen LogP contribution is 2.23. The molecule has 2 aromatic heterocycles. The first-order valence-corrected chi connectivity index (χ1v) is 10.7. The summed E-state index contributed by atoms with van der Waals surface area (Å²) >= 11 is 1.26. The Kier molecular flexibility index (Phi) is 5.11. The summed E-state index contributed by atoms with van der Waals surface area (Å²) < 4.78 is 69.6. The van der Waals surface area contributed by atoms with Crippen LogP contribution in [-0.2, 0) is 16.4 Å². The minimum atomic E-state index is -4.36. The average Bonchev–Trinajstić information content (AvgIpc) is 3.23. The molecule has 0 aliphatic rings. The number of thiazole rings is 1. The summed E-state index contributed by atoms with van der Waals surface area (Å²) in [6, 6.07) is 8.94. The van der Waals surface area contributed by atoms with Crippen LogP contribution in [-0.4, -0.2) is 29.6 Å². The van der Waals surface area contributed by atoms with Crippen molar-refractivity contribution in [2.75, 3.05) is 6.54 Å². The van der Waals surface area contributed by atoms with Gasteiger partial charge < -0.3 is 0 Å². The Morgan fingerprint density at radius 1 is 1.00 bits per heavy atom. The SMILES string of the molecule is O=S(=O)(NCCc1csc2nc(-c3ccccc3F)nn12)c1c(F)cccc1F. The third-order valence-corrected chi connectivity index (χ3v) is 6.50. The van der Waals surface area contributed by atoms with Crippen molar-refractivity contribution in [2.24, 2.45) is 0 Å². The summed E-state index contributed by atoms with van der Waals surface area (Å²) in [5.74, 6) is -2.57. The van der Waals surface area contributed by atoms with Crippen molar-refractivity contribution in [1.82, 2.24) is 19.3 Å². The molecule has 0 saturated heterocycles. The topological polar surface area (TPSA) is 76.4 Å². The molecule has 0 atom stereocenters. The third kappa shape index (κ3) is 3.76. The smallest absolute Gasteiger partial charge is 0.211 e. The Balaban J connectivity index is 1.53. The molecular formula is C18H13F3N4O2S2. The number of benzene rings is 2. The first kappa shape index (κ1) is 19.6. The molecule has 0 fully saturated rings. The summed E-state index contributed by atoms with van der Waals surface area (Å²) in [5, 5.41) is 6.02. The molecule has 2 aromatic carbocycles. The maximum atomic E-state index is 13.9. The second-order valence-electron chi connectivity index (χ2n) is 6.04. The quantitative estimate of drug-likeness (QED) is 0.501. The molecular weight excluding hydrogens is 425 g/mol. The van der Waals surface area contributed by atoms with Gasteiger partial charge in [-0.15, -0.1) is 16.4 Å². The van der Waals surface area contributed by atoms with Gasteiger partial charge in [0.2, 0.25) is 15.0 Å². The lowest BCUT2D eigenvalue weighted by atomic mass is 10.2. The van der Waals surface area contributed by atoms with Gasteiger partial charge in [0.25, 0.3) is 0 Å². The molecule has 0 aliphatic carbocycles. The maximum absolute atomic E-state index is 13.9. The Bertz CT molecular complexity index is 1280. The molecule has 4 aromatic rings. The van der Waals surface area contributed by atoms with Crippen LogP contribution in [0.1, 0.15) is 5.69 Å². The van der Waals surface area contributed by atoms with Gasteiger partial charge in [-0.3, -0.25) is 0 Å². The van der Waals surface area contributed by atoms with Gasteiger partial charge in [-0.2, -0.15) is 4.98 Å². The van der Waals surface area contributed by atoms with E-state index in [4.69, 9.17) is 0 Å². The number of sulfonamides is 1. The molecule has 1 N–H and O–H groups in total. The third-order valence-electron chi connectivity index (χ3n) is 4.13. The van der Waals surface area contributed by atoms with Crippen molar-refractivity contribution in [1.29, 1.82) is 0 Å². The summed E-state index contributed by atoms with van der Waals surface area (Å²) in [6.45, 7) is -0.114. The van der Waals surface area contributed by atoms with Crippen molar-refractivity contribution >= 4 is 26.3 Å². The van der Waals surface area contributed by atoms with Crippen LogP contribution in [0.2, 0.25) is 0 Å². The van der Waals surface area contributed by atoms with Gasteiger partial charge in [0.1, 0.15) is 17.5 Å². The molecule has 0 spiro atoms. The van der Waals surface area contributed by atoms with Crippen LogP contribution in [0.15, 0.2) is 52.7 Å². The lowest BCUT2D eigenvalue weighted by Crippen LogP contribution is -2.28. The normalized spacial score (nSPS) is 12.0. The molecule has 11 heteroatoms. The van der Waals surface area contributed by atoms with Gasteiger partial charge in [-0.05, 0) is 24.3 Å². The predicted octanol–water partition coefficient (Wildman–Crippen LogP) is 3.40. The molecule has 2 heterocycles. The van der Waals surface area contributed by atoms with E-state index in [1.165, 1.54) is 21.9 Å². The zero-order valence-corrected chi connectivity index (χ0v) is 16.3. The standard InChI is InChI=1S/C18H13F3N4O2S2/c19-13-5-2-1-4-12(13)17-23-18-25(24-17)11(10-28-18)8-9-22-29(26,27)16-14(20)6-3-7-15(16)21/h1-7,10,22H,8-9H2. The summed E-state index contributed by atoms with van der Waals surface area (Å²) in [5.41, 5.74) is 0.877.